The predicted molar refractivity (Wildman–Crippen MR) is 105 cm³/mol. The number of amides is 1. The van der Waals surface area contributed by atoms with E-state index < -0.39 is 0 Å². The van der Waals surface area contributed by atoms with E-state index in [0.29, 0.717) is 11.7 Å². The molecular weight excluding hydrogens is 326 g/mol. The summed E-state index contributed by atoms with van der Waals surface area (Å²) in [6.45, 7) is 8.35. The number of nitrogens with one attached hydrogen (secondary N) is 1. The van der Waals surface area contributed by atoms with Crippen molar-refractivity contribution in [2.75, 3.05) is 13.7 Å². The molecule has 140 valence electrons. The third-order valence-electron chi connectivity index (χ3n) is 4.48. The third kappa shape index (κ3) is 5.25. The van der Waals surface area contributed by atoms with Crippen molar-refractivity contribution in [2.45, 2.75) is 46.1 Å². The second-order valence-corrected chi connectivity index (χ2v) is 6.77. The summed E-state index contributed by atoms with van der Waals surface area (Å²) in [5.74, 6) is 1.91. The number of rotatable bonds is 8. The normalized spacial score (nSPS) is 11.9. The number of aryl methyl sites for hydroxylation is 1. The maximum atomic E-state index is 12.3. The first-order valence-electron chi connectivity index (χ1n) is 9.11. The average molecular weight is 355 g/mol. The van der Waals surface area contributed by atoms with E-state index in [1.165, 1.54) is 5.56 Å². The van der Waals surface area contributed by atoms with Gasteiger partial charge in [0, 0.05) is 0 Å². The lowest BCUT2D eigenvalue weighted by atomic mass is 10.0. The fourth-order valence-electron chi connectivity index (χ4n) is 2.87. The monoisotopic (exact) mass is 355 g/mol. The molecular formula is C22H29NO3. The number of hydrogen-bond donors (Lipinski definition) is 1. The number of carbonyl (C=O) groups is 1. The number of benzene rings is 2. The van der Waals surface area contributed by atoms with Crippen LogP contribution in [-0.4, -0.2) is 19.6 Å². The van der Waals surface area contributed by atoms with Gasteiger partial charge < -0.3 is 14.8 Å². The highest BCUT2D eigenvalue weighted by Gasteiger charge is 2.14. The highest BCUT2D eigenvalue weighted by molar-refractivity contribution is 5.78. The zero-order valence-corrected chi connectivity index (χ0v) is 16.3. The van der Waals surface area contributed by atoms with E-state index in [2.05, 4.69) is 32.2 Å². The van der Waals surface area contributed by atoms with Crippen LogP contribution in [0.1, 0.15) is 55.8 Å². The van der Waals surface area contributed by atoms with Gasteiger partial charge in [-0.05, 0) is 54.2 Å². The van der Waals surface area contributed by atoms with E-state index in [0.717, 1.165) is 23.3 Å². The summed E-state index contributed by atoms with van der Waals surface area (Å²) >= 11 is 0. The highest BCUT2D eigenvalue weighted by atomic mass is 16.5. The first-order valence-corrected chi connectivity index (χ1v) is 9.11. The van der Waals surface area contributed by atoms with Crippen molar-refractivity contribution in [1.82, 2.24) is 5.32 Å². The van der Waals surface area contributed by atoms with Gasteiger partial charge in [0.15, 0.2) is 6.61 Å². The molecule has 0 fully saturated rings. The maximum Gasteiger partial charge on any atom is 0.258 e. The van der Waals surface area contributed by atoms with Gasteiger partial charge in [-0.15, -0.1) is 0 Å². The Balaban J connectivity index is 1.93. The molecule has 1 atom stereocenters. The molecule has 0 aromatic heterocycles. The second kappa shape index (κ2) is 9.27. The molecule has 0 saturated carbocycles. The molecule has 0 bridgehead atoms. The van der Waals surface area contributed by atoms with Gasteiger partial charge in [0.2, 0.25) is 0 Å². The van der Waals surface area contributed by atoms with Crippen LogP contribution < -0.4 is 14.8 Å². The lowest BCUT2D eigenvalue weighted by Crippen LogP contribution is -2.32. The Morgan fingerprint density at radius 1 is 1.08 bits per heavy atom. The first-order chi connectivity index (χ1) is 12.4. The number of methoxy groups -OCH3 is 1. The molecule has 4 nitrogen and oxygen atoms in total. The molecule has 0 saturated heterocycles. The van der Waals surface area contributed by atoms with Gasteiger partial charge in [0.1, 0.15) is 11.5 Å². The van der Waals surface area contributed by atoms with E-state index in [1.54, 1.807) is 7.11 Å². The molecule has 0 aliphatic heterocycles. The average Bonchev–Trinajstić information content (AvgIpc) is 2.64. The van der Waals surface area contributed by atoms with E-state index in [9.17, 15) is 4.79 Å². The van der Waals surface area contributed by atoms with Crippen LogP contribution in [-0.2, 0) is 4.79 Å². The van der Waals surface area contributed by atoms with Crippen molar-refractivity contribution >= 4 is 5.91 Å². The molecule has 2 aromatic carbocycles. The van der Waals surface area contributed by atoms with Gasteiger partial charge in [-0.3, -0.25) is 4.79 Å². The Morgan fingerprint density at radius 3 is 2.27 bits per heavy atom. The summed E-state index contributed by atoms with van der Waals surface area (Å²) in [6.07, 6.45) is 0.806. The van der Waals surface area contributed by atoms with Gasteiger partial charge in [-0.1, -0.05) is 45.0 Å². The fourth-order valence-corrected chi connectivity index (χ4v) is 2.87. The van der Waals surface area contributed by atoms with Crippen LogP contribution in [0.5, 0.6) is 11.5 Å². The zero-order valence-electron chi connectivity index (χ0n) is 16.3. The Morgan fingerprint density at radius 2 is 1.73 bits per heavy atom. The van der Waals surface area contributed by atoms with Crippen molar-refractivity contribution < 1.29 is 14.3 Å². The minimum atomic E-state index is -0.127. The zero-order chi connectivity index (χ0) is 19.1. The molecule has 2 aromatic rings. The Labute approximate surface area is 156 Å². The van der Waals surface area contributed by atoms with Crippen molar-refractivity contribution in [2.24, 2.45) is 0 Å². The van der Waals surface area contributed by atoms with Crippen LogP contribution in [0.2, 0.25) is 0 Å². The molecule has 0 radical (unpaired) electrons. The van der Waals surface area contributed by atoms with Gasteiger partial charge >= 0.3 is 0 Å². The maximum absolute atomic E-state index is 12.3. The van der Waals surface area contributed by atoms with Crippen LogP contribution in [0.3, 0.4) is 0 Å². The first kappa shape index (κ1) is 19.8. The van der Waals surface area contributed by atoms with E-state index in [1.807, 2.05) is 43.3 Å². The minimum Gasteiger partial charge on any atom is -0.496 e. The molecule has 1 amide bonds. The fraction of sp³-hybridized carbons (Fsp3) is 0.409. The van der Waals surface area contributed by atoms with Crippen molar-refractivity contribution in [1.29, 1.82) is 0 Å². The Kier molecular flexibility index (Phi) is 7.07. The van der Waals surface area contributed by atoms with Gasteiger partial charge in [-0.25, -0.2) is 0 Å². The van der Waals surface area contributed by atoms with Crippen molar-refractivity contribution in [3.05, 3.63) is 59.2 Å². The van der Waals surface area contributed by atoms with Gasteiger partial charge in [0.05, 0.1) is 13.2 Å². The highest BCUT2D eigenvalue weighted by Crippen LogP contribution is 2.24. The smallest absolute Gasteiger partial charge is 0.258 e. The number of ether oxygens (including phenoxy) is 2. The summed E-state index contributed by atoms with van der Waals surface area (Å²) in [5, 5.41) is 3.04. The second-order valence-electron chi connectivity index (χ2n) is 6.77. The molecule has 0 unspecified atom stereocenters. The van der Waals surface area contributed by atoms with Crippen LogP contribution in [0.4, 0.5) is 0 Å². The quantitative estimate of drug-likeness (QED) is 0.742. The molecule has 2 rings (SSSR count). The summed E-state index contributed by atoms with van der Waals surface area (Å²) in [4.78, 5) is 12.3. The molecule has 0 aliphatic carbocycles. The van der Waals surface area contributed by atoms with E-state index in [4.69, 9.17) is 9.47 Å². The predicted octanol–water partition coefficient (Wildman–Crippen LogP) is 4.77. The lowest BCUT2D eigenvalue weighted by Gasteiger charge is -2.19. The van der Waals surface area contributed by atoms with Crippen LogP contribution in [0.25, 0.3) is 0 Å². The Hall–Kier alpha value is -2.49. The van der Waals surface area contributed by atoms with E-state index >= 15 is 0 Å². The van der Waals surface area contributed by atoms with Crippen LogP contribution in [0.15, 0.2) is 42.5 Å². The summed E-state index contributed by atoms with van der Waals surface area (Å²) in [6, 6.07) is 13.8. The molecule has 0 aliphatic rings. The molecule has 26 heavy (non-hydrogen) atoms. The molecule has 1 N–H and O–H groups in total. The Bertz CT molecular complexity index is 723. The van der Waals surface area contributed by atoms with Gasteiger partial charge in [-0.2, -0.15) is 0 Å². The van der Waals surface area contributed by atoms with Crippen molar-refractivity contribution in [3.63, 3.8) is 0 Å². The molecule has 0 heterocycles. The summed E-state index contributed by atoms with van der Waals surface area (Å²) in [7, 11) is 1.66. The molecule has 0 spiro atoms. The van der Waals surface area contributed by atoms with E-state index in [-0.39, 0.29) is 18.6 Å². The third-order valence-corrected chi connectivity index (χ3v) is 4.48. The molecule has 4 heteroatoms. The number of carbonyl (C=O) groups excluding carboxylic acids is 1. The standard InChI is InChI=1S/C22H29NO3/c1-6-20(18-9-12-21(25-5)16(4)13-18)23-22(24)14-26-19-10-7-17(8-11-19)15(2)3/h7-13,15,20H,6,14H2,1-5H3,(H,23,24)/t20-/m1/s1. The van der Waals surface area contributed by atoms with Crippen molar-refractivity contribution in [3.8, 4) is 11.5 Å². The lowest BCUT2D eigenvalue weighted by molar-refractivity contribution is -0.123. The van der Waals surface area contributed by atoms with Gasteiger partial charge in [0.25, 0.3) is 5.91 Å². The number of hydrogen-bond acceptors (Lipinski definition) is 3. The van der Waals surface area contributed by atoms with Crippen LogP contribution in [0, 0.1) is 6.92 Å². The summed E-state index contributed by atoms with van der Waals surface area (Å²) in [5.41, 5.74) is 3.38. The minimum absolute atomic E-state index is 0.00661. The topological polar surface area (TPSA) is 47.6 Å². The largest absolute Gasteiger partial charge is 0.496 e. The SMILES string of the molecule is CC[C@@H](NC(=O)COc1ccc(C(C)C)cc1)c1ccc(OC)c(C)c1. The van der Waals surface area contributed by atoms with Crippen LogP contribution >= 0.6 is 0 Å². The summed E-state index contributed by atoms with van der Waals surface area (Å²) < 4.78 is 10.9.